The largest absolute Gasteiger partial charge is 0.465 e. The zero-order valence-electron chi connectivity index (χ0n) is 21.2. The van der Waals surface area contributed by atoms with E-state index in [0.717, 1.165) is 33.6 Å². The van der Waals surface area contributed by atoms with Crippen LogP contribution >= 0.6 is 0 Å². The molecular weight excluding hydrogens is 470 g/mol. The van der Waals surface area contributed by atoms with Crippen molar-refractivity contribution in [2.75, 3.05) is 20.3 Å². The lowest BCUT2D eigenvalue weighted by Gasteiger charge is -2.21. The van der Waals surface area contributed by atoms with Gasteiger partial charge in [0.25, 0.3) is 0 Å². The molecule has 3 heterocycles. The Hall–Kier alpha value is -4.05. The number of aryl methyl sites for hydroxylation is 1. The average Bonchev–Trinajstić information content (AvgIpc) is 3.60. The summed E-state index contributed by atoms with van der Waals surface area (Å²) in [5, 5.41) is 19.0. The Morgan fingerprint density at radius 3 is 2.35 bits per heavy atom. The highest BCUT2D eigenvalue weighted by atomic mass is 16.5. The van der Waals surface area contributed by atoms with Crippen LogP contribution in [0.15, 0.2) is 61.4 Å². The third-order valence-corrected chi connectivity index (χ3v) is 6.28. The van der Waals surface area contributed by atoms with E-state index < -0.39 is 6.09 Å². The summed E-state index contributed by atoms with van der Waals surface area (Å²) in [4.78, 5) is 18.9. The molecule has 1 aromatic carbocycles. The smallest absolute Gasteiger partial charge is 0.404 e. The molecule has 0 aliphatic heterocycles. The Kier molecular flexibility index (Phi) is 8.98. The number of hydrogen-bond donors (Lipinski definition) is 2. The van der Waals surface area contributed by atoms with Gasteiger partial charge in [0.1, 0.15) is 0 Å². The first kappa shape index (κ1) is 26.0. The summed E-state index contributed by atoms with van der Waals surface area (Å²) >= 11 is 0. The molecule has 0 saturated heterocycles. The van der Waals surface area contributed by atoms with Crippen LogP contribution in [0.1, 0.15) is 38.1 Å². The summed E-state index contributed by atoms with van der Waals surface area (Å²) < 4.78 is 8.50. The van der Waals surface area contributed by atoms with Crippen LogP contribution in [0.3, 0.4) is 0 Å². The first-order chi connectivity index (χ1) is 18.0. The average molecular weight is 504 g/mol. The van der Waals surface area contributed by atoms with Crippen molar-refractivity contribution in [2.45, 2.75) is 38.1 Å². The van der Waals surface area contributed by atoms with Gasteiger partial charge in [0.2, 0.25) is 0 Å². The van der Waals surface area contributed by atoms with Gasteiger partial charge in [0, 0.05) is 67.7 Å². The van der Waals surface area contributed by atoms with E-state index in [1.54, 1.807) is 4.68 Å². The molecule has 1 saturated carbocycles. The molecule has 0 radical (unpaired) electrons. The highest BCUT2D eigenvalue weighted by molar-refractivity contribution is 5.70. The maximum absolute atomic E-state index is 9.71. The Balaban J connectivity index is 0.000000349. The van der Waals surface area contributed by atoms with Crippen LogP contribution in [0.25, 0.3) is 33.6 Å². The van der Waals surface area contributed by atoms with Gasteiger partial charge in [0.05, 0.1) is 25.0 Å². The fourth-order valence-electron chi connectivity index (χ4n) is 4.33. The van der Waals surface area contributed by atoms with Gasteiger partial charge < -0.3 is 15.2 Å². The molecule has 0 bridgehead atoms. The number of benzene rings is 1. The number of ether oxygens (including phenoxy) is 1. The molecule has 2 N–H and O–H groups in total. The summed E-state index contributed by atoms with van der Waals surface area (Å²) in [7, 11) is 3.44. The number of rotatable bonds is 7. The molecule has 1 aliphatic carbocycles. The molecule has 0 unspecified atom stereocenters. The number of hydrogen-bond acceptors (Lipinski definition) is 6. The molecule has 0 atom stereocenters. The Labute approximate surface area is 216 Å². The molecule has 4 aromatic rings. The van der Waals surface area contributed by atoms with Crippen molar-refractivity contribution in [1.29, 1.82) is 0 Å². The number of nitrogens with zero attached hydrogens (tertiary/aromatic N) is 6. The van der Waals surface area contributed by atoms with Crippen molar-refractivity contribution >= 4 is 6.09 Å². The molecule has 1 aliphatic rings. The fourth-order valence-corrected chi connectivity index (χ4v) is 4.33. The lowest BCUT2D eigenvalue weighted by Crippen LogP contribution is -2.24. The van der Waals surface area contributed by atoms with Gasteiger partial charge in [-0.1, -0.05) is 37.5 Å². The van der Waals surface area contributed by atoms with Crippen molar-refractivity contribution < 1.29 is 14.6 Å². The summed E-state index contributed by atoms with van der Waals surface area (Å²) in [6, 6.07) is 8.79. The van der Waals surface area contributed by atoms with Crippen molar-refractivity contribution in [3.8, 4) is 33.6 Å². The summed E-state index contributed by atoms with van der Waals surface area (Å²) in [5.41, 5.74) is 5.26. The van der Waals surface area contributed by atoms with Crippen LogP contribution in [-0.2, 0) is 11.8 Å². The number of nitrogens with one attached hydrogen (secondary N) is 1. The number of carboxylic acid groups (broad SMARTS) is 1. The maximum Gasteiger partial charge on any atom is 0.404 e. The maximum atomic E-state index is 9.71. The molecular formula is C27H33N7O3. The van der Waals surface area contributed by atoms with Gasteiger partial charge in [-0.2, -0.15) is 10.2 Å². The third-order valence-electron chi connectivity index (χ3n) is 6.28. The number of methoxy groups -OCH3 is 1. The van der Waals surface area contributed by atoms with Crippen molar-refractivity contribution in [2.24, 2.45) is 7.05 Å². The quantitative estimate of drug-likeness (QED) is 0.347. The number of amides is 1. The van der Waals surface area contributed by atoms with E-state index in [0.29, 0.717) is 19.2 Å². The predicted molar refractivity (Wildman–Crippen MR) is 141 cm³/mol. The Bertz CT molecular complexity index is 1280. The minimum absolute atomic E-state index is 0.353. The molecule has 37 heavy (non-hydrogen) atoms. The first-order valence-corrected chi connectivity index (χ1v) is 12.4. The van der Waals surface area contributed by atoms with E-state index in [1.165, 1.54) is 39.2 Å². The van der Waals surface area contributed by atoms with Gasteiger partial charge in [-0.05, 0) is 24.5 Å². The summed E-state index contributed by atoms with van der Waals surface area (Å²) in [6.45, 7) is 0.776. The molecule has 10 nitrogen and oxygen atoms in total. The standard InChI is InChI=1S/C23H24N6.C4H9NO3/c1-28-15-20(13-26-28)17-6-5-7-18(10-17)23-24-11-19(12-25-23)21-14-27-29(16-21)22-8-3-2-4-9-22;1-8-3-2-5-4(6)7/h5-7,10-16,22H,2-4,8-9H2,1H3;5H,2-3H2,1H3,(H,6,7). The SMILES string of the molecule is COCCNC(=O)O.Cn1cc(-c2cccc(-c3ncc(-c4cnn(C5CCCCC5)c4)cn3)c2)cn1. The topological polar surface area (TPSA) is 120 Å². The van der Waals surface area contributed by atoms with E-state index in [9.17, 15) is 4.79 Å². The second-order valence-electron chi connectivity index (χ2n) is 9.00. The second-order valence-corrected chi connectivity index (χ2v) is 9.00. The monoisotopic (exact) mass is 503 g/mol. The van der Waals surface area contributed by atoms with E-state index in [2.05, 4.69) is 53.2 Å². The molecule has 3 aromatic heterocycles. The van der Waals surface area contributed by atoms with Crippen LogP contribution in [0, 0.1) is 0 Å². The molecule has 1 amide bonds. The predicted octanol–water partition coefficient (Wildman–Crippen LogP) is 4.81. The van der Waals surface area contributed by atoms with Crippen LogP contribution < -0.4 is 5.32 Å². The lowest BCUT2D eigenvalue weighted by molar-refractivity contribution is 0.176. The minimum atomic E-state index is -1.01. The van der Waals surface area contributed by atoms with Crippen LogP contribution in [0.4, 0.5) is 4.79 Å². The molecule has 10 heteroatoms. The Morgan fingerprint density at radius 1 is 0.973 bits per heavy atom. The third kappa shape index (κ3) is 7.23. The lowest BCUT2D eigenvalue weighted by atomic mass is 9.96. The number of carbonyl (C=O) groups is 1. The van der Waals surface area contributed by atoms with E-state index in [-0.39, 0.29) is 0 Å². The molecule has 194 valence electrons. The second kappa shape index (κ2) is 12.8. The van der Waals surface area contributed by atoms with Crippen molar-refractivity contribution in [3.05, 3.63) is 61.4 Å². The van der Waals surface area contributed by atoms with E-state index in [4.69, 9.17) is 5.11 Å². The van der Waals surface area contributed by atoms with Crippen LogP contribution in [-0.4, -0.2) is 61.0 Å². The molecule has 1 fully saturated rings. The van der Waals surface area contributed by atoms with E-state index >= 15 is 0 Å². The highest BCUT2D eigenvalue weighted by Crippen LogP contribution is 2.29. The van der Waals surface area contributed by atoms with Crippen molar-refractivity contribution in [3.63, 3.8) is 0 Å². The van der Waals surface area contributed by atoms with Gasteiger partial charge in [-0.3, -0.25) is 9.36 Å². The molecule has 0 spiro atoms. The normalized spacial score (nSPS) is 13.6. The van der Waals surface area contributed by atoms with Gasteiger partial charge in [0.15, 0.2) is 5.82 Å². The number of aromatic nitrogens is 6. The van der Waals surface area contributed by atoms with Crippen molar-refractivity contribution in [1.82, 2.24) is 34.8 Å². The summed E-state index contributed by atoms with van der Waals surface area (Å²) in [6.07, 6.45) is 17.1. The highest BCUT2D eigenvalue weighted by Gasteiger charge is 2.16. The zero-order chi connectivity index (χ0) is 26.0. The van der Waals surface area contributed by atoms with Crippen LogP contribution in [0.2, 0.25) is 0 Å². The van der Waals surface area contributed by atoms with Gasteiger partial charge >= 0.3 is 6.09 Å². The fraction of sp³-hybridized carbons (Fsp3) is 0.370. The van der Waals surface area contributed by atoms with Gasteiger partial charge in [-0.15, -0.1) is 0 Å². The Morgan fingerprint density at radius 2 is 1.68 bits per heavy atom. The minimum Gasteiger partial charge on any atom is -0.465 e. The van der Waals surface area contributed by atoms with Crippen LogP contribution in [0.5, 0.6) is 0 Å². The summed E-state index contributed by atoms with van der Waals surface area (Å²) in [5.74, 6) is 0.721. The van der Waals surface area contributed by atoms with Gasteiger partial charge in [-0.25, -0.2) is 14.8 Å². The molecule has 5 rings (SSSR count). The first-order valence-electron chi connectivity index (χ1n) is 12.4. The van der Waals surface area contributed by atoms with E-state index in [1.807, 2.05) is 50.2 Å². The zero-order valence-corrected chi connectivity index (χ0v) is 21.2.